The van der Waals surface area contributed by atoms with Gasteiger partial charge in [0.15, 0.2) is 0 Å². The van der Waals surface area contributed by atoms with Gasteiger partial charge in [-0.1, -0.05) is 22.9 Å². The fraction of sp³-hybridized carbons (Fsp3) is 0.533. The zero-order valence-corrected chi connectivity index (χ0v) is 12.9. The first-order chi connectivity index (χ1) is 9.19. The van der Waals surface area contributed by atoms with Crippen molar-refractivity contribution in [2.75, 3.05) is 0 Å². The molecule has 3 rings (SSSR count). The molecule has 0 aliphatic heterocycles. The molecule has 19 heavy (non-hydrogen) atoms. The molecule has 0 spiro atoms. The number of hydrogen-bond donors (Lipinski definition) is 1. The Labute approximate surface area is 122 Å². The summed E-state index contributed by atoms with van der Waals surface area (Å²) in [7, 11) is 0. The van der Waals surface area contributed by atoms with Crippen LogP contribution in [0.4, 0.5) is 0 Å². The average Bonchev–Trinajstić information content (AvgIpc) is 2.94. The average molecular weight is 322 g/mol. The van der Waals surface area contributed by atoms with Crippen molar-refractivity contribution >= 4 is 27.0 Å². The molecule has 1 saturated carbocycles. The van der Waals surface area contributed by atoms with Crippen molar-refractivity contribution in [1.29, 1.82) is 0 Å². The maximum atomic E-state index is 6.06. The summed E-state index contributed by atoms with van der Waals surface area (Å²) >= 11 is 3.53. The third-order valence-electron chi connectivity index (χ3n) is 4.03. The van der Waals surface area contributed by atoms with E-state index in [4.69, 9.17) is 10.7 Å². The lowest BCUT2D eigenvalue weighted by Crippen LogP contribution is -2.15. The summed E-state index contributed by atoms with van der Waals surface area (Å²) in [5.41, 5.74) is 8.41. The van der Waals surface area contributed by atoms with Crippen LogP contribution in [0.3, 0.4) is 0 Å². The lowest BCUT2D eigenvalue weighted by atomic mass is 10.1. The molecule has 102 valence electrons. The summed E-state index contributed by atoms with van der Waals surface area (Å²) < 4.78 is 3.49. The summed E-state index contributed by atoms with van der Waals surface area (Å²) in [5, 5.41) is 0. The van der Waals surface area contributed by atoms with E-state index in [9.17, 15) is 0 Å². The number of benzene rings is 1. The number of fused-ring (bicyclic) bond motifs is 1. The Morgan fingerprint density at radius 1 is 1.42 bits per heavy atom. The fourth-order valence-corrected chi connectivity index (χ4v) is 3.49. The first-order valence-electron chi connectivity index (χ1n) is 7.10. The molecule has 1 aromatic heterocycles. The summed E-state index contributed by atoms with van der Waals surface area (Å²) in [6, 6.07) is 6.73. The van der Waals surface area contributed by atoms with Crippen molar-refractivity contribution in [2.45, 2.75) is 51.1 Å². The Hall–Kier alpha value is -0.870. The van der Waals surface area contributed by atoms with Gasteiger partial charge in [-0.2, -0.15) is 0 Å². The topological polar surface area (TPSA) is 43.8 Å². The molecule has 1 aromatic carbocycles. The van der Waals surface area contributed by atoms with Crippen LogP contribution in [-0.2, 0) is 6.54 Å². The minimum absolute atomic E-state index is 0.353. The number of aryl methyl sites for hydroxylation is 1. The van der Waals surface area contributed by atoms with Gasteiger partial charge in [0.2, 0.25) is 0 Å². The van der Waals surface area contributed by atoms with Gasteiger partial charge in [-0.3, -0.25) is 0 Å². The van der Waals surface area contributed by atoms with E-state index in [1.807, 2.05) is 0 Å². The molecule has 1 fully saturated rings. The van der Waals surface area contributed by atoms with Crippen LogP contribution in [0, 0.1) is 0 Å². The molecule has 0 saturated heterocycles. The molecule has 0 amide bonds. The van der Waals surface area contributed by atoms with Crippen LogP contribution in [0.15, 0.2) is 22.7 Å². The molecule has 4 heteroatoms. The maximum absolute atomic E-state index is 6.06. The fourth-order valence-electron chi connectivity index (χ4n) is 3.14. The second kappa shape index (κ2) is 5.25. The zero-order chi connectivity index (χ0) is 13.4. The number of nitrogens with zero attached hydrogens (tertiary/aromatic N) is 2. The summed E-state index contributed by atoms with van der Waals surface area (Å²) in [6.07, 6.45) is 4.51. The van der Waals surface area contributed by atoms with Crippen molar-refractivity contribution in [1.82, 2.24) is 9.55 Å². The highest BCUT2D eigenvalue weighted by Gasteiger charge is 2.27. The first-order valence-corrected chi connectivity index (χ1v) is 7.89. The molecule has 2 N–H and O–H groups in total. The van der Waals surface area contributed by atoms with E-state index in [0.717, 1.165) is 35.8 Å². The quantitative estimate of drug-likeness (QED) is 0.934. The SMILES string of the molecule is CCCn1c([C@@H]2CC[C@H](N)C2)nc2cc(Br)ccc21. The maximum Gasteiger partial charge on any atom is 0.113 e. The van der Waals surface area contributed by atoms with Crippen molar-refractivity contribution in [3.63, 3.8) is 0 Å². The predicted molar refractivity (Wildman–Crippen MR) is 82.3 cm³/mol. The highest BCUT2D eigenvalue weighted by molar-refractivity contribution is 9.10. The van der Waals surface area contributed by atoms with Crippen molar-refractivity contribution in [3.05, 3.63) is 28.5 Å². The normalized spacial score (nSPS) is 23.3. The van der Waals surface area contributed by atoms with E-state index in [2.05, 4.69) is 45.6 Å². The zero-order valence-electron chi connectivity index (χ0n) is 11.3. The van der Waals surface area contributed by atoms with Crippen LogP contribution in [0.2, 0.25) is 0 Å². The number of nitrogens with two attached hydrogens (primary N) is 1. The molecule has 3 nitrogen and oxygen atoms in total. The highest BCUT2D eigenvalue weighted by Crippen LogP contribution is 2.35. The van der Waals surface area contributed by atoms with Crippen LogP contribution >= 0.6 is 15.9 Å². The lowest BCUT2D eigenvalue weighted by molar-refractivity contribution is 0.577. The number of aromatic nitrogens is 2. The summed E-state index contributed by atoms with van der Waals surface area (Å²) in [6.45, 7) is 3.26. The number of hydrogen-bond acceptors (Lipinski definition) is 2. The van der Waals surface area contributed by atoms with Crippen molar-refractivity contribution in [2.24, 2.45) is 5.73 Å². The Morgan fingerprint density at radius 2 is 2.26 bits per heavy atom. The van der Waals surface area contributed by atoms with Gasteiger partial charge in [0, 0.05) is 23.0 Å². The highest BCUT2D eigenvalue weighted by atomic mass is 79.9. The number of halogens is 1. The van der Waals surface area contributed by atoms with E-state index in [1.54, 1.807) is 0 Å². The van der Waals surface area contributed by atoms with E-state index in [0.29, 0.717) is 12.0 Å². The standard InChI is InChI=1S/C15H20BrN3/c1-2-7-19-14-6-4-11(16)9-13(14)18-15(19)10-3-5-12(17)8-10/h4,6,9-10,12H,2-3,5,7-8,17H2,1H3/t10-,12+/m1/s1. The van der Waals surface area contributed by atoms with E-state index < -0.39 is 0 Å². The third-order valence-corrected chi connectivity index (χ3v) is 4.52. The van der Waals surface area contributed by atoms with Gasteiger partial charge in [0.25, 0.3) is 0 Å². The van der Waals surface area contributed by atoms with Gasteiger partial charge in [0.1, 0.15) is 5.82 Å². The van der Waals surface area contributed by atoms with E-state index in [1.165, 1.54) is 17.8 Å². The Bertz CT molecular complexity index is 590. The Morgan fingerprint density at radius 3 is 2.95 bits per heavy atom. The Kier molecular flexibility index (Phi) is 3.63. The minimum atomic E-state index is 0.353. The minimum Gasteiger partial charge on any atom is -0.328 e. The molecular formula is C15H20BrN3. The monoisotopic (exact) mass is 321 g/mol. The van der Waals surface area contributed by atoms with Crippen LogP contribution in [0.5, 0.6) is 0 Å². The molecule has 0 radical (unpaired) electrons. The summed E-state index contributed by atoms with van der Waals surface area (Å²) in [5.74, 6) is 1.77. The smallest absolute Gasteiger partial charge is 0.113 e. The lowest BCUT2D eigenvalue weighted by Gasteiger charge is -2.13. The first kappa shape index (κ1) is 13.1. The van der Waals surface area contributed by atoms with Gasteiger partial charge in [0.05, 0.1) is 11.0 Å². The molecule has 1 aliphatic rings. The van der Waals surface area contributed by atoms with Gasteiger partial charge in [-0.25, -0.2) is 4.98 Å². The molecule has 2 atom stereocenters. The molecule has 0 bridgehead atoms. The van der Waals surface area contributed by atoms with Crippen LogP contribution in [-0.4, -0.2) is 15.6 Å². The third kappa shape index (κ3) is 2.43. The molecule has 1 aliphatic carbocycles. The molecule has 0 unspecified atom stereocenters. The predicted octanol–water partition coefficient (Wildman–Crippen LogP) is 3.80. The van der Waals surface area contributed by atoms with E-state index in [-0.39, 0.29) is 0 Å². The molecule has 1 heterocycles. The van der Waals surface area contributed by atoms with Crippen molar-refractivity contribution < 1.29 is 0 Å². The van der Waals surface area contributed by atoms with Gasteiger partial charge in [-0.15, -0.1) is 0 Å². The van der Waals surface area contributed by atoms with E-state index >= 15 is 0 Å². The van der Waals surface area contributed by atoms with Crippen LogP contribution < -0.4 is 5.73 Å². The van der Waals surface area contributed by atoms with Gasteiger partial charge >= 0.3 is 0 Å². The Balaban J connectivity index is 2.09. The van der Waals surface area contributed by atoms with Crippen LogP contribution in [0.1, 0.15) is 44.3 Å². The van der Waals surface area contributed by atoms with Gasteiger partial charge in [-0.05, 0) is 43.9 Å². The van der Waals surface area contributed by atoms with Crippen LogP contribution in [0.25, 0.3) is 11.0 Å². The second-order valence-corrected chi connectivity index (χ2v) is 6.44. The second-order valence-electron chi connectivity index (χ2n) is 5.52. The largest absolute Gasteiger partial charge is 0.328 e. The number of imidazole rings is 1. The molecular weight excluding hydrogens is 302 g/mol. The number of rotatable bonds is 3. The molecule has 2 aromatic rings. The van der Waals surface area contributed by atoms with Gasteiger partial charge < -0.3 is 10.3 Å². The van der Waals surface area contributed by atoms with Crippen molar-refractivity contribution in [3.8, 4) is 0 Å². The summed E-state index contributed by atoms with van der Waals surface area (Å²) in [4.78, 5) is 4.89.